The van der Waals surface area contributed by atoms with Crippen LogP contribution in [-0.2, 0) is 9.53 Å². The molecule has 5 nitrogen and oxygen atoms in total. The van der Waals surface area contributed by atoms with Gasteiger partial charge in [0.05, 0.1) is 17.7 Å². The van der Waals surface area contributed by atoms with E-state index in [0.29, 0.717) is 23.6 Å². The second-order valence-electron chi connectivity index (χ2n) is 4.39. The molecule has 1 aromatic rings. The van der Waals surface area contributed by atoms with Gasteiger partial charge in [-0.25, -0.2) is 4.79 Å². The Balaban J connectivity index is 2.25. The van der Waals surface area contributed by atoms with Gasteiger partial charge in [0.15, 0.2) is 0 Å². The lowest BCUT2D eigenvalue weighted by Crippen LogP contribution is -2.48. The highest BCUT2D eigenvalue weighted by atomic mass is 35.5. The molecule has 6 heteroatoms. The molecule has 0 radical (unpaired) electrons. The highest BCUT2D eigenvalue weighted by Crippen LogP contribution is 2.23. The number of pyridine rings is 1. The number of amides is 1. The Kier molecular flexibility index (Phi) is 4.37. The van der Waals surface area contributed by atoms with Crippen molar-refractivity contribution in [1.82, 2.24) is 9.88 Å². The van der Waals surface area contributed by atoms with Crippen molar-refractivity contribution >= 4 is 23.5 Å². The van der Waals surface area contributed by atoms with Crippen LogP contribution in [0.4, 0.5) is 0 Å². The molecule has 0 bridgehead atoms. The number of likely N-dealkylation sites (tertiary alicyclic amines) is 1. The summed E-state index contributed by atoms with van der Waals surface area (Å²) in [6, 6.07) is 1.05. The first kappa shape index (κ1) is 13.8. The van der Waals surface area contributed by atoms with Gasteiger partial charge in [0, 0.05) is 18.9 Å². The van der Waals surface area contributed by atoms with Crippen molar-refractivity contribution in [3.05, 3.63) is 29.0 Å². The molecule has 1 aliphatic heterocycles. The van der Waals surface area contributed by atoms with Crippen molar-refractivity contribution in [2.45, 2.75) is 25.3 Å². The monoisotopic (exact) mass is 282 g/mol. The van der Waals surface area contributed by atoms with Crippen LogP contribution in [0.5, 0.6) is 0 Å². The summed E-state index contributed by atoms with van der Waals surface area (Å²) in [4.78, 5) is 29.6. The molecule has 0 saturated carbocycles. The molecule has 1 fully saturated rings. The number of hydrogen-bond donors (Lipinski definition) is 0. The van der Waals surface area contributed by atoms with Crippen LogP contribution in [0, 0.1) is 0 Å². The SMILES string of the molecule is COC(=O)[C@H]1CCCCN1C(=O)c1ccncc1Cl. The summed E-state index contributed by atoms with van der Waals surface area (Å²) in [6.07, 6.45) is 5.35. The fraction of sp³-hybridized carbons (Fsp3) is 0.462. The summed E-state index contributed by atoms with van der Waals surface area (Å²) in [5.74, 6) is -0.624. The van der Waals surface area contributed by atoms with Crippen LogP contribution in [0.3, 0.4) is 0 Å². The molecular formula is C13H15ClN2O3. The first-order chi connectivity index (χ1) is 9.15. The molecule has 0 aromatic carbocycles. The predicted molar refractivity (Wildman–Crippen MR) is 69.9 cm³/mol. The first-order valence-electron chi connectivity index (χ1n) is 6.13. The van der Waals surface area contributed by atoms with Crippen LogP contribution >= 0.6 is 11.6 Å². The van der Waals surface area contributed by atoms with E-state index in [2.05, 4.69) is 4.98 Å². The number of piperidine rings is 1. The van der Waals surface area contributed by atoms with Crippen molar-refractivity contribution in [3.8, 4) is 0 Å². The number of carbonyl (C=O) groups excluding carboxylic acids is 2. The van der Waals surface area contributed by atoms with Gasteiger partial charge in [-0.05, 0) is 25.3 Å². The molecular weight excluding hydrogens is 268 g/mol. The molecule has 0 spiro atoms. The number of carbonyl (C=O) groups is 2. The van der Waals surface area contributed by atoms with E-state index >= 15 is 0 Å². The van der Waals surface area contributed by atoms with Crippen LogP contribution < -0.4 is 0 Å². The maximum Gasteiger partial charge on any atom is 0.328 e. The average Bonchev–Trinajstić information content (AvgIpc) is 2.46. The highest BCUT2D eigenvalue weighted by Gasteiger charge is 2.33. The van der Waals surface area contributed by atoms with E-state index in [1.807, 2.05) is 0 Å². The lowest BCUT2D eigenvalue weighted by atomic mass is 10.0. The average molecular weight is 283 g/mol. The topological polar surface area (TPSA) is 59.5 Å². The second-order valence-corrected chi connectivity index (χ2v) is 4.80. The normalized spacial score (nSPS) is 19.1. The lowest BCUT2D eigenvalue weighted by molar-refractivity contribution is -0.147. The Morgan fingerprint density at radius 1 is 1.47 bits per heavy atom. The summed E-state index contributed by atoms with van der Waals surface area (Å²) < 4.78 is 4.76. The van der Waals surface area contributed by atoms with E-state index in [1.165, 1.54) is 24.4 Å². The van der Waals surface area contributed by atoms with Gasteiger partial charge < -0.3 is 9.64 Å². The van der Waals surface area contributed by atoms with E-state index < -0.39 is 6.04 Å². The summed E-state index contributed by atoms with van der Waals surface area (Å²) >= 11 is 5.97. The van der Waals surface area contributed by atoms with E-state index in [0.717, 1.165) is 12.8 Å². The Bertz CT molecular complexity index is 493. The van der Waals surface area contributed by atoms with E-state index in [1.54, 1.807) is 6.07 Å². The van der Waals surface area contributed by atoms with E-state index in [-0.39, 0.29) is 11.9 Å². The van der Waals surface area contributed by atoms with E-state index in [9.17, 15) is 9.59 Å². The van der Waals surface area contributed by atoms with Gasteiger partial charge >= 0.3 is 5.97 Å². The molecule has 1 saturated heterocycles. The molecule has 1 aliphatic rings. The maximum absolute atomic E-state index is 12.5. The molecule has 2 rings (SSSR count). The Labute approximate surface area is 116 Å². The van der Waals surface area contributed by atoms with Gasteiger partial charge in [-0.3, -0.25) is 9.78 Å². The molecule has 2 heterocycles. The number of nitrogens with zero attached hydrogens (tertiary/aromatic N) is 2. The molecule has 0 aliphatic carbocycles. The fourth-order valence-corrected chi connectivity index (χ4v) is 2.46. The van der Waals surface area contributed by atoms with Crippen LogP contribution in [0.2, 0.25) is 5.02 Å². The Morgan fingerprint density at radius 3 is 2.95 bits per heavy atom. The number of esters is 1. The molecule has 102 valence electrons. The molecule has 19 heavy (non-hydrogen) atoms. The van der Waals surface area contributed by atoms with Crippen LogP contribution in [0.25, 0.3) is 0 Å². The number of halogens is 1. The fourth-order valence-electron chi connectivity index (χ4n) is 2.26. The third-order valence-electron chi connectivity index (χ3n) is 3.24. The Morgan fingerprint density at radius 2 is 2.26 bits per heavy atom. The third kappa shape index (κ3) is 2.87. The van der Waals surface area contributed by atoms with Gasteiger partial charge in [-0.2, -0.15) is 0 Å². The van der Waals surface area contributed by atoms with Crippen LogP contribution in [0.1, 0.15) is 29.6 Å². The zero-order valence-electron chi connectivity index (χ0n) is 10.6. The summed E-state index contributed by atoms with van der Waals surface area (Å²) in [5, 5.41) is 0.293. The van der Waals surface area contributed by atoms with Crippen molar-refractivity contribution in [1.29, 1.82) is 0 Å². The largest absolute Gasteiger partial charge is 0.467 e. The number of aromatic nitrogens is 1. The molecule has 1 aromatic heterocycles. The quantitative estimate of drug-likeness (QED) is 0.778. The summed E-state index contributed by atoms with van der Waals surface area (Å²) in [5.41, 5.74) is 0.368. The predicted octanol–water partition coefficient (Wildman–Crippen LogP) is 1.90. The van der Waals surface area contributed by atoms with Gasteiger partial charge in [0.2, 0.25) is 0 Å². The zero-order valence-corrected chi connectivity index (χ0v) is 11.4. The van der Waals surface area contributed by atoms with Gasteiger partial charge in [0.25, 0.3) is 5.91 Å². The number of hydrogen-bond acceptors (Lipinski definition) is 4. The minimum absolute atomic E-state index is 0.248. The van der Waals surface area contributed by atoms with Crippen molar-refractivity contribution < 1.29 is 14.3 Å². The van der Waals surface area contributed by atoms with Crippen molar-refractivity contribution in [3.63, 3.8) is 0 Å². The standard InChI is InChI=1S/C13H15ClN2O3/c1-19-13(18)11-4-2-3-7-16(11)12(17)9-5-6-15-8-10(9)14/h5-6,8,11H,2-4,7H2,1H3/t11-/m1/s1. The minimum atomic E-state index is -0.518. The molecule has 0 unspecified atom stereocenters. The summed E-state index contributed by atoms with van der Waals surface area (Å²) in [7, 11) is 1.33. The lowest BCUT2D eigenvalue weighted by Gasteiger charge is -2.33. The van der Waals surface area contributed by atoms with Gasteiger partial charge in [-0.1, -0.05) is 11.6 Å². The minimum Gasteiger partial charge on any atom is -0.467 e. The summed E-state index contributed by atoms with van der Waals surface area (Å²) in [6.45, 7) is 0.539. The zero-order chi connectivity index (χ0) is 13.8. The van der Waals surface area contributed by atoms with Crippen LogP contribution in [0.15, 0.2) is 18.5 Å². The Hall–Kier alpha value is -1.62. The molecule has 1 atom stereocenters. The van der Waals surface area contributed by atoms with Crippen LogP contribution in [-0.4, -0.2) is 41.5 Å². The number of ether oxygens (including phenoxy) is 1. The molecule has 1 amide bonds. The number of methoxy groups -OCH3 is 1. The van der Waals surface area contributed by atoms with Gasteiger partial charge in [0.1, 0.15) is 6.04 Å². The van der Waals surface area contributed by atoms with Crippen molar-refractivity contribution in [2.75, 3.05) is 13.7 Å². The first-order valence-corrected chi connectivity index (χ1v) is 6.51. The second kappa shape index (κ2) is 6.02. The third-order valence-corrected chi connectivity index (χ3v) is 3.54. The highest BCUT2D eigenvalue weighted by molar-refractivity contribution is 6.33. The van der Waals surface area contributed by atoms with E-state index in [4.69, 9.17) is 16.3 Å². The number of rotatable bonds is 2. The van der Waals surface area contributed by atoms with Gasteiger partial charge in [-0.15, -0.1) is 0 Å². The van der Waals surface area contributed by atoms with Crippen molar-refractivity contribution in [2.24, 2.45) is 0 Å². The molecule has 0 N–H and O–H groups in total. The maximum atomic E-state index is 12.5. The smallest absolute Gasteiger partial charge is 0.328 e.